The van der Waals surface area contributed by atoms with E-state index < -0.39 is 22.7 Å². The van der Waals surface area contributed by atoms with Crippen LogP contribution in [0.15, 0.2) is 0 Å². The van der Waals surface area contributed by atoms with E-state index in [9.17, 15) is 4.79 Å². The zero-order valence-electron chi connectivity index (χ0n) is 9.16. The summed E-state index contributed by atoms with van der Waals surface area (Å²) in [5, 5.41) is 0. The van der Waals surface area contributed by atoms with Crippen LogP contribution in [-0.4, -0.2) is 9.02 Å². The monoisotopic (exact) mass is 234 g/mol. The van der Waals surface area contributed by atoms with Gasteiger partial charge in [0.2, 0.25) is 4.69 Å². The van der Waals surface area contributed by atoms with Crippen LogP contribution in [0.4, 0.5) is 0 Å². The van der Waals surface area contributed by atoms with Crippen LogP contribution in [-0.2, 0) is 4.79 Å². The highest BCUT2D eigenvalue weighted by Gasteiger charge is 2.19. The lowest BCUT2D eigenvalue weighted by molar-refractivity contribution is -0.111. The third kappa shape index (κ3) is 3.23. The highest BCUT2D eigenvalue weighted by molar-refractivity contribution is 9.20. The van der Waals surface area contributed by atoms with E-state index in [2.05, 4.69) is 31.9 Å². The Labute approximate surface area is 68.2 Å². The van der Waals surface area contributed by atoms with Crippen LogP contribution in [0.1, 0.15) is 21.9 Å². The van der Waals surface area contributed by atoms with E-state index in [-0.39, 0.29) is 0 Å². The normalized spacial score (nSPS) is 27.7. The fourth-order valence-electron chi connectivity index (χ4n) is 0. The third-order valence-electron chi connectivity index (χ3n) is 0.271. The van der Waals surface area contributed by atoms with Crippen molar-refractivity contribution in [1.29, 1.82) is 0 Å². The van der Waals surface area contributed by atoms with Gasteiger partial charge in [-0.15, -0.1) is 0 Å². The minimum Gasteiger partial charge on any atom is -0.285 e. The molecule has 1 nitrogen and oxygen atoms in total. The van der Waals surface area contributed by atoms with Crippen molar-refractivity contribution in [3.8, 4) is 0 Å². The number of hydrogen-bond acceptors (Lipinski definition) is 1. The van der Waals surface area contributed by atoms with Gasteiger partial charge in [-0.3, -0.25) is 4.79 Å². The highest BCUT2D eigenvalue weighted by Crippen LogP contribution is 2.19. The maximum absolute atomic E-state index is 10.9. The van der Waals surface area contributed by atoms with Crippen molar-refractivity contribution in [2.45, 2.75) is 18.0 Å². The zero-order valence-corrected chi connectivity index (χ0v) is 6.34. The lowest BCUT2D eigenvalue weighted by Crippen LogP contribution is -2.17. The van der Waals surface area contributed by atoms with Crippen molar-refractivity contribution in [1.82, 2.24) is 0 Å². The van der Waals surface area contributed by atoms with Crippen LogP contribution < -0.4 is 0 Å². The van der Waals surface area contributed by atoms with Gasteiger partial charge in [0, 0.05) is 8.22 Å². The topological polar surface area (TPSA) is 17.1 Å². The first-order chi connectivity index (χ1) is 5.44. The van der Waals surface area contributed by atoms with E-state index in [1.54, 1.807) is 0 Å². The average Bonchev–Trinajstić information content (AvgIpc) is 1.80. The molecule has 0 spiro atoms. The predicted molar refractivity (Wildman–Crippen MR) is 36.9 cm³/mol. The number of hydrogen-bond donors (Lipinski definition) is 0. The Kier molecular flexibility index (Phi) is 0.681. The zero-order chi connectivity index (χ0) is 11.1. The summed E-state index contributed by atoms with van der Waals surface area (Å²) in [4.78, 5) is 10.9. The fourth-order valence-corrected chi connectivity index (χ4v) is 0. The largest absolute Gasteiger partial charge is 0.285 e. The second-order valence-electron chi connectivity index (χ2n) is 0.932. The van der Waals surface area contributed by atoms with Crippen molar-refractivity contribution < 1.29 is 13.0 Å². The molecule has 0 saturated carbocycles. The summed E-state index contributed by atoms with van der Waals surface area (Å²) in [6.07, 6.45) is 0. The Morgan fingerprint density at radius 3 is 2.29 bits per heavy atom. The summed E-state index contributed by atoms with van der Waals surface area (Å²) >= 11 is 4.83. The molecule has 0 bridgehead atoms. The van der Waals surface area contributed by atoms with Crippen LogP contribution in [0.3, 0.4) is 0 Å². The standard InChI is InChI=1S/C4H6Br2O/c1-4(2,6)3(5)7/h1-2H3/i1D3,2D3. The smallest absolute Gasteiger partial charge is 0.213 e. The summed E-state index contributed by atoms with van der Waals surface area (Å²) in [7, 11) is 0. The molecule has 3 heteroatoms. The Bertz CT molecular complexity index is 204. The van der Waals surface area contributed by atoms with Gasteiger partial charge < -0.3 is 0 Å². The minimum atomic E-state index is -2.93. The molecule has 0 atom stereocenters. The molecule has 0 aromatic rings. The molecule has 0 fully saturated rings. The maximum Gasteiger partial charge on any atom is 0.213 e. The van der Waals surface area contributed by atoms with E-state index in [0.717, 1.165) is 0 Å². The molecule has 0 aliphatic heterocycles. The second-order valence-corrected chi connectivity index (χ2v) is 2.84. The van der Waals surface area contributed by atoms with Gasteiger partial charge in [-0.05, 0) is 29.6 Å². The van der Waals surface area contributed by atoms with E-state index >= 15 is 0 Å². The van der Waals surface area contributed by atoms with Gasteiger partial charge in [0.05, 0.1) is 4.32 Å². The van der Waals surface area contributed by atoms with Crippen molar-refractivity contribution in [3.63, 3.8) is 0 Å². The minimum absolute atomic E-state index is 1.11. The summed E-state index contributed by atoms with van der Waals surface area (Å²) < 4.78 is 38.0. The molecule has 0 N–H and O–H groups in total. The van der Waals surface area contributed by atoms with Crippen LogP contribution in [0.25, 0.3) is 0 Å². The molecule has 7 heavy (non-hydrogen) atoms. The molecule has 0 aromatic carbocycles. The molecule has 0 radical (unpaired) electrons. The quantitative estimate of drug-likeness (QED) is 0.503. The molecular formula is C4H6Br2O. The van der Waals surface area contributed by atoms with E-state index in [0.29, 0.717) is 0 Å². The first-order valence-corrected chi connectivity index (χ1v) is 2.92. The molecule has 0 unspecified atom stereocenters. The van der Waals surface area contributed by atoms with Gasteiger partial charge in [-0.25, -0.2) is 0 Å². The molecule has 0 rings (SSSR count). The number of alkyl halides is 1. The summed E-state index contributed by atoms with van der Waals surface area (Å²) in [6, 6.07) is 0. The average molecular weight is 236 g/mol. The molecule has 0 aliphatic carbocycles. The molecule has 0 aliphatic rings. The van der Waals surface area contributed by atoms with Crippen molar-refractivity contribution in [3.05, 3.63) is 0 Å². The number of halogens is 2. The first kappa shape index (κ1) is 2.10. The Balaban J connectivity index is 5.35. The van der Waals surface area contributed by atoms with Gasteiger partial charge in [0.25, 0.3) is 0 Å². The lowest BCUT2D eigenvalue weighted by Gasteiger charge is -2.06. The van der Waals surface area contributed by atoms with Crippen LogP contribution in [0.5, 0.6) is 0 Å². The number of carbonyl (C=O) groups excluding carboxylic acids is 1. The highest BCUT2D eigenvalue weighted by atomic mass is 79.9. The van der Waals surface area contributed by atoms with Gasteiger partial charge >= 0.3 is 0 Å². The van der Waals surface area contributed by atoms with Crippen LogP contribution in [0, 0.1) is 0 Å². The van der Waals surface area contributed by atoms with Crippen LogP contribution >= 0.6 is 31.9 Å². The lowest BCUT2D eigenvalue weighted by atomic mass is 10.3. The van der Waals surface area contributed by atoms with Gasteiger partial charge in [-0.1, -0.05) is 15.9 Å². The van der Waals surface area contributed by atoms with Crippen molar-refractivity contribution in [2.24, 2.45) is 0 Å². The first-order valence-electron chi connectivity index (χ1n) is 4.33. The van der Waals surface area contributed by atoms with Gasteiger partial charge in [0.1, 0.15) is 0 Å². The summed E-state index contributed by atoms with van der Waals surface area (Å²) in [5.74, 6) is 0. The summed E-state index contributed by atoms with van der Waals surface area (Å²) in [6.45, 7) is -5.86. The van der Waals surface area contributed by atoms with E-state index in [1.807, 2.05) is 0 Å². The number of rotatable bonds is 1. The fraction of sp³-hybridized carbons (Fsp3) is 0.750. The SMILES string of the molecule is [2H]C([2H])([2H])C(Br)(C(=O)Br)C([2H])([2H])[2H]. The molecular weight excluding hydrogens is 224 g/mol. The molecule has 0 aromatic heterocycles. The maximum atomic E-state index is 10.9. The van der Waals surface area contributed by atoms with Crippen LogP contribution in [0.2, 0.25) is 0 Å². The Morgan fingerprint density at radius 2 is 2.29 bits per heavy atom. The molecule has 0 saturated heterocycles. The third-order valence-corrected chi connectivity index (χ3v) is 1.76. The van der Waals surface area contributed by atoms with Gasteiger partial charge in [0.15, 0.2) is 0 Å². The Morgan fingerprint density at radius 1 is 1.86 bits per heavy atom. The Hall–Kier alpha value is 0.630. The number of carbonyl (C=O) groups is 1. The van der Waals surface area contributed by atoms with E-state index in [1.165, 1.54) is 0 Å². The summed E-state index contributed by atoms with van der Waals surface area (Å²) in [5.41, 5.74) is 0. The second kappa shape index (κ2) is 2.27. The van der Waals surface area contributed by atoms with Gasteiger partial charge in [-0.2, -0.15) is 0 Å². The predicted octanol–water partition coefficient (Wildman–Crippen LogP) is 2.08. The molecule has 0 heterocycles. The van der Waals surface area contributed by atoms with Crippen molar-refractivity contribution >= 4 is 36.6 Å². The van der Waals surface area contributed by atoms with E-state index in [4.69, 9.17) is 8.22 Å². The molecule has 42 valence electrons. The molecule has 0 amide bonds. The van der Waals surface area contributed by atoms with Crippen molar-refractivity contribution in [2.75, 3.05) is 0 Å².